The lowest BCUT2D eigenvalue weighted by Crippen LogP contribution is -2.07. The Hall–Kier alpha value is -2.08. The van der Waals surface area contributed by atoms with Gasteiger partial charge in [0.1, 0.15) is 17.9 Å². The summed E-state index contributed by atoms with van der Waals surface area (Å²) in [6, 6.07) is 1.70. The molecule has 1 N–H and O–H groups in total. The van der Waals surface area contributed by atoms with Gasteiger partial charge in [-0.1, -0.05) is 0 Å². The number of rotatable bonds is 3. The van der Waals surface area contributed by atoms with Crippen molar-refractivity contribution in [1.82, 2.24) is 0 Å². The first-order valence-electron chi connectivity index (χ1n) is 5.68. The van der Waals surface area contributed by atoms with Crippen LogP contribution in [0.2, 0.25) is 0 Å². The van der Waals surface area contributed by atoms with Crippen molar-refractivity contribution in [1.29, 1.82) is 0 Å². The number of carbonyl (C=O) groups excluding carboxylic acids is 2. The fourth-order valence-electron chi connectivity index (χ4n) is 2.15. The molecule has 0 saturated heterocycles. The second-order valence-corrected chi connectivity index (χ2v) is 4.21. The van der Waals surface area contributed by atoms with Crippen molar-refractivity contribution in [2.45, 2.75) is 26.7 Å². The highest BCUT2D eigenvalue weighted by molar-refractivity contribution is 5.97. The highest BCUT2D eigenvalue weighted by atomic mass is 16.6. The van der Waals surface area contributed by atoms with Crippen molar-refractivity contribution in [2.24, 2.45) is 0 Å². The van der Waals surface area contributed by atoms with E-state index in [2.05, 4.69) is 0 Å². The van der Waals surface area contributed by atoms with E-state index in [4.69, 9.17) is 14.2 Å². The van der Waals surface area contributed by atoms with Gasteiger partial charge < -0.3 is 19.3 Å². The van der Waals surface area contributed by atoms with E-state index in [1.807, 2.05) is 0 Å². The van der Waals surface area contributed by atoms with Crippen LogP contribution in [0.15, 0.2) is 6.07 Å². The lowest BCUT2D eigenvalue weighted by Gasteiger charge is -2.13. The van der Waals surface area contributed by atoms with Gasteiger partial charge in [0.2, 0.25) is 6.29 Å². The number of fused-ring (bicyclic) bond motifs is 1. The van der Waals surface area contributed by atoms with Crippen LogP contribution >= 0.6 is 0 Å². The Morgan fingerprint density at radius 1 is 1.53 bits per heavy atom. The van der Waals surface area contributed by atoms with E-state index in [1.165, 1.54) is 14.0 Å². The largest absolute Gasteiger partial charge is 0.496 e. The molecule has 0 saturated carbocycles. The maximum absolute atomic E-state index is 11.7. The molecule has 0 aromatic heterocycles. The molecule has 6 heteroatoms. The van der Waals surface area contributed by atoms with Crippen molar-refractivity contribution >= 4 is 11.9 Å². The molecule has 0 aliphatic carbocycles. The topological polar surface area (TPSA) is 82.1 Å². The predicted molar refractivity (Wildman–Crippen MR) is 63.6 cm³/mol. The van der Waals surface area contributed by atoms with Crippen molar-refractivity contribution < 1.29 is 28.9 Å². The molecule has 1 atom stereocenters. The molecule has 6 nitrogen and oxygen atoms in total. The van der Waals surface area contributed by atoms with Gasteiger partial charge in [-0.05, 0) is 18.6 Å². The maximum Gasteiger partial charge on any atom is 0.345 e. The van der Waals surface area contributed by atoms with Gasteiger partial charge in [-0.15, -0.1) is 0 Å². The Morgan fingerprint density at radius 3 is 2.79 bits per heavy atom. The van der Waals surface area contributed by atoms with Crippen molar-refractivity contribution in [3.8, 4) is 5.75 Å². The first-order chi connectivity index (χ1) is 8.95. The summed E-state index contributed by atoms with van der Waals surface area (Å²) in [6.45, 7) is 3.01. The van der Waals surface area contributed by atoms with Crippen LogP contribution in [0.1, 0.15) is 40.3 Å². The number of ether oxygens (including phenoxy) is 3. The number of hydrogen-bond donors (Lipinski definition) is 1. The van der Waals surface area contributed by atoms with E-state index in [1.54, 1.807) is 13.0 Å². The number of aliphatic hydroxyl groups excluding tert-OH is 1. The van der Waals surface area contributed by atoms with Crippen LogP contribution in [0.5, 0.6) is 5.75 Å². The number of methoxy groups -OCH3 is 1. The van der Waals surface area contributed by atoms with Gasteiger partial charge in [-0.25, -0.2) is 4.79 Å². The first kappa shape index (κ1) is 13.4. The lowest BCUT2D eigenvalue weighted by atomic mass is 9.98. The van der Waals surface area contributed by atoms with Crippen LogP contribution in [-0.4, -0.2) is 24.2 Å². The zero-order valence-electron chi connectivity index (χ0n) is 10.9. The van der Waals surface area contributed by atoms with Crippen LogP contribution < -0.4 is 4.74 Å². The molecular formula is C13H14O6. The number of aryl methyl sites for hydroxylation is 1. The second kappa shape index (κ2) is 4.89. The summed E-state index contributed by atoms with van der Waals surface area (Å²) in [5.74, 6) is -0.725. The molecule has 1 aliphatic heterocycles. The Morgan fingerprint density at radius 2 is 2.21 bits per heavy atom. The van der Waals surface area contributed by atoms with E-state index >= 15 is 0 Å². The summed E-state index contributed by atoms with van der Waals surface area (Å²) in [5.41, 5.74) is 1.72. The van der Waals surface area contributed by atoms with Crippen molar-refractivity contribution in [3.63, 3.8) is 0 Å². The normalized spacial score (nSPS) is 16.8. The fraction of sp³-hybridized carbons (Fsp3) is 0.385. The van der Waals surface area contributed by atoms with E-state index < -0.39 is 18.2 Å². The summed E-state index contributed by atoms with van der Waals surface area (Å²) in [5, 5.41) is 9.77. The molecule has 0 fully saturated rings. The molecule has 0 spiro atoms. The summed E-state index contributed by atoms with van der Waals surface area (Å²) < 4.78 is 14.8. The SMILES string of the molecule is COc1c(C)cc(COC(C)=O)c2c1C(=O)O[C@H]2O. The molecule has 19 heavy (non-hydrogen) atoms. The minimum atomic E-state index is -1.36. The average molecular weight is 266 g/mol. The first-order valence-corrected chi connectivity index (χ1v) is 5.68. The summed E-state index contributed by atoms with van der Waals surface area (Å²) >= 11 is 0. The van der Waals surface area contributed by atoms with Crippen LogP contribution in [0.25, 0.3) is 0 Å². The van der Waals surface area contributed by atoms with Gasteiger partial charge in [0.25, 0.3) is 0 Å². The van der Waals surface area contributed by atoms with Gasteiger partial charge in [0, 0.05) is 18.1 Å². The Kier molecular flexibility index (Phi) is 3.44. The van der Waals surface area contributed by atoms with E-state index in [-0.39, 0.29) is 12.2 Å². The number of hydrogen-bond acceptors (Lipinski definition) is 6. The Labute approximate surface area is 109 Å². The smallest absolute Gasteiger partial charge is 0.345 e. The second-order valence-electron chi connectivity index (χ2n) is 4.21. The molecule has 0 amide bonds. The van der Waals surface area contributed by atoms with Gasteiger partial charge >= 0.3 is 11.9 Å². The summed E-state index contributed by atoms with van der Waals surface area (Å²) in [4.78, 5) is 22.6. The Balaban J connectivity index is 2.55. The highest BCUT2D eigenvalue weighted by Gasteiger charge is 2.36. The molecule has 1 heterocycles. The molecule has 0 radical (unpaired) electrons. The molecule has 1 aromatic rings. The summed E-state index contributed by atoms with van der Waals surface area (Å²) in [7, 11) is 1.44. The monoisotopic (exact) mass is 266 g/mol. The third kappa shape index (κ3) is 2.26. The third-order valence-electron chi connectivity index (χ3n) is 2.90. The molecule has 0 unspecified atom stereocenters. The zero-order valence-corrected chi connectivity index (χ0v) is 10.9. The predicted octanol–water partition coefficient (Wildman–Crippen LogP) is 1.23. The van der Waals surface area contributed by atoms with Crippen LogP contribution in [0.4, 0.5) is 0 Å². The van der Waals surface area contributed by atoms with Gasteiger partial charge in [0.05, 0.1) is 7.11 Å². The molecule has 0 bridgehead atoms. The van der Waals surface area contributed by atoms with Crippen molar-refractivity contribution in [3.05, 3.63) is 28.3 Å². The van der Waals surface area contributed by atoms with Gasteiger partial charge in [-0.2, -0.15) is 0 Å². The number of esters is 2. The van der Waals surface area contributed by atoms with Crippen LogP contribution in [0, 0.1) is 6.92 Å². The van der Waals surface area contributed by atoms with E-state index in [0.29, 0.717) is 22.4 Å². The molecule has 1 aromatic carbocycles. The standard InChI is InChI=1S/C13H14O6/c1-6-4-8(5-18-7(2)14)9-10(11(6)17-3)13(16)19-12(9)15/h4,12,15H,5H2,1-3H3/t12-/m1/s1. The number of benzene rings is 1. The maximum atomic E-state index is 11.7. The lowest BCUT2D eigenvalue weighted by molar-refractivity contribution is -0.142. The number of carbonyl (C=O) groups is 2. The third-order valence-corrected chi connectivity index (χ3v) is 2.90. The van der Waals surface area contributed by atoms with Gasteiger partial charge in [0.15, 0.2) is 0 Å². The zero-order chi connectivity index (χ0) is 14.2. The van der Waals surface area contributed by atoms with Crippen molar-refractivity contribution in [2.75, 3.05) is 7.11 Å². The number of aliphatic hydroxyl groups is 1. The molecule has 1 aliphatic rings. The number of cyclic esters (lactones) is 1. The highest BCUT2D eigenvalue weighted by Crippen LogP contribution is 2.39. The Bertz CT molecular complexity index is 549. The van der Waals surface area contributed by atoms with Crippen LogP contribution in [-0.2, 0) is 20.9 Å². The molecule has 2 rings (SSSR count). The minimum absolute atomic E-state index is 0.0315. The van der Waals surface area contributed by atoms with Crippen LogP contribution in [0.3, 0.4) is 0 Å². The minimum Gasteiger partial charge on any atom is -0.496 e. The van der Waals surface area contributed by atoms with E-state index in [9.17, 15) is 14.7 Å². The molecular weight excluding hydrogens is 252 g/mol. The molecule has 102 valence electrons. The van der Waals surface area contributed by atoms with Gasteiger partial charge in [-0.3, -0.25) is 4.79 Å². The van der Waals surface area contributed by atoms with E-state index in [0.717, 1.165) is 0 Å². The average Bonchev–Trinajstić information content (AvgIpc) is 2.62. The fourth-order valence-corrected chi connectivity index (χ4v) is 2.15. The quantitative estimate of drug-likeness (QED) is 0.828. The summed E-state index contributed by atoms with van der Waals surface area (Å²) in [6.07, 6.45) is -1.36.